The minimum Gasteiger partial charge on any atom is -0.496 e. The van der Waals surface area contributed by atoms with Gasteiger partial charge in [0.1, 0.15) is 18.1 Å². The normalized spacial score (nSPS) is 16.8. The van der Waals surface area contributed by atoms with Crippen molar-refractivity contribution in [1.82, 2.24) is 9.62 Å². The van der Waals surface area contributed by atoms with Gasteiger partial charge in [-0.1, -0.05) is 0 Å². The van der Waals surface area contributed by atoms with Gasteiger partial charge in [-0.25, -0.2) is 17.1 Å². The van der Waals surface area contributed by atoms with Gasteiger partial charge in [0, 0.05) is 17.7 Å². The summed E-state index contributed by atoms with van der Waals surface area (Å²) in [5, 5.41) is 11.1. The quantitative estimate of drug-likeness (QED) is 0.642. The van der Waals surface area contributed by atoms with Crippen LogP contribution in [0, 0.1) is 5.82 Å². The summed E-state index contributed by atoms with van der Waals surface area (Å²) in [6, 6.07) is 3.58. The summed E-state index contributed by atoms with van der Waals surface area (Å²) in [5.41, 5.74) is 0.0588. The lowest BCUT2D eigenvalue weighted by Gasteiger charge is -2.19. The summed E-state index contributed by atoms with van der Waals surface area (Å²) in [6.07, 6.45) is 0.500. The predicted octanol–water partition coefficient (Wildman–Crippen LogP) is -0.0194. The zero-order valence-electron chi connectivity index (χ0n) is 14.3. The van der Waals surface area contributed by atoms with Crippen molar-refractivity contribution in [3.05, 3.63) is 35.2 Å². The minimum absolute atomic E-state index is 0.122. The Morgan fingerprint density at radius 1 is 1.41 bits per heavy atom. The highest BCUT2D eigenvalue weighted by atomic mass is 32.2. The molecule has 27 heavy (non-hydrogen) atoms. The van der Waals surface area contributed by atoms with Gasteiger partial charge in [0.25, 0.3) is 5.91 Å². The molecule has 1 aromatic rings. The Kier molecular flexibility index (Phi) is 6.16. The number of hydrogen-bond acceptors (Lipinski definition) is 6. The predicted molar refractivity (Wildman–Crippen MR) is 91.7 cm³/mol. The Morgan fingerprint density at radius 2 is 2.11 bits per heavy atom. The van der Waals surface area contributed by atoms with E-state index >= 15 is 0 Å². The maximum absolute atomic E-state index is 13.5. The number of methoxy groups -OCH3 is 1. The summed E-state index contributed by atoms with van der Waals surface area (Å²) in [7, 11) is -3.00. The van der Waals surface area contributed by atoms with Crippen LogP contribution in [0.25, 0.3) is 6.08 Å². The van der Waals surface area contributed by atoms with E-state index in [0.29, 0.717) is 4.31 Å². The molecule has 0 radical (unpaired) electrons. The van der Waals surface area contributed by atoms with E-state index < -0.39 is 52.3 Å². The fraction of sp³-hybridized carbons (Fsp3) is 0.312. The molecule has 11 heteroatoms. The first-order chi connectivity index (χ1) is 12.6. The van der Waals surface area contributed by atoms with Crippen LogP contribution in [0.2, 0.25) is 0 Å². The molecule has 2 N–H and O–H groups in total. The van der Waals surface area contributed by atoms with E-state index in [9.17, 15) is 27.2 Å². The van der Waals surface area contributed by atoms with Crippen molar-refractivity contribution < 1.29 is 37.0 Å². The van der Waals surface area contributed by atoms with Gasteiger partial charge in [-0.3, -0.25) is 14.4 Å². The maximum Gasteiger partial charge on any atom is 0.304 e. The number of carboxylic acid groups (broad SMARTS) is 1. The van der Waals surface area contributed by atoms with Crippen molar-refractivity contribution in [3.63, 3.8) is 0 Å². The summed E-state index contributed by atoms with van der Waals surface area (Å²) in [6.45, 7) is -1.04. The second-order valence-electron chi connectivity index (χ2n) is 5.60. The molecular formula is C16H17FN2O7S. The standard InChI is InChI=1S/C16H17FN2O7S/c1-26-13-3-2-12(17)7-10(13)6-11-8-18-14(20)9-19(16(11)23)27(24,25)5-4-15(21)22/h2-3,6-7H,4-5,8-9H2,1H3,(H,18,20)(H,21,22)/b11-6+. The Hall–Kier alpha value is -2.95. The van der Waals surface area contributed by atoms with Crippen molar-refractivity contribution in [2.75, 3.05) is 26.0 Å². The first-order valence-electron chi connectivity index (χ1n) is 7.71. The van der Waals surface area contributed by atoms with Crippen molar-refractivity contribution >= 4 is 33.9 Å². The molecular weight excluding hydrogens is 383 g/mol. The zero-order chi connectivity index (χ0) is 20.2. The van der Waals surface area contributed by atoms with Gasteiger partial charge in [-0.15, -0.1) is 0 Å². The number of rotatable bonds is 6. The fourth-order valence-corrected chi connectivity index (χ4v) is 3.69. The largest absolute Gasteiger partial charge is 0.496 e. The summed E-state index contributed by atoms with van der Waals surface area (Å²) in [5.74, 6) is -4.27. The van der Waals surface area contributed by atoms with Gasteiger partial charge >= 0.3 is 5.97 Å². The van der Waals surface area contributed by atoms with Gasteiger partial charge in [-0.05, 0) is 24.3 Å². The molecule has 1 aliphatic rings. The average molecular weight is 400 g/mol. The van der Waals surface area contributed by atoms with Gasteiger partial charge in [0.15, 0.2) is 0 Å². The highest BCUT2D eigenvalue weighted by Crippen LogP contribution is 2.23. The smallest absolute Gasteiger partial charge is 0.304 e. The molecule has 0 aromatic heterocycles. The Morgan fingerprint density at radius 3 is 2.74 bits per heavy atom. The van der Waals surface area contributed by atoms with Crippen LogP contribution in [0.15, 0.2) is 23.8 Å². The van der Waals surface area contributed by atoms with Gasteiger partial charge in [0.05, 0.1) is 19.3 Å². The van der Waals surface area contributed by atoms with E-state index in [1.165, 1.54) is 19.3 Å². The molecule has 146 valence electrons. The van der Waals surface area contributed by atoms with Gasteiger partial charge in [-0.2, -0.15) is 0 Å². The summed E-state index contributed by atoms with van der Waals surface area (Å²) >= 11 is 0. The monoisotopic (exact) mass is 400 g/mol. The topological polar surface area (TPSA) is 130 Å². The Labute approximate surface area is 154 Å². The number of nitrogens with zero attached hydrogens (tertiary/aromatic N) is 1. The van der Waals surface area contributed by atoms with E-state index in [1.807, 2.05) is 0 Å². The van der Waals surface area contributed by atoms with Crippen LogP contribution in [-0.2, 0) is 24.4 Å². The first-order valence-corrected chi connectivity index (χ1v) is 9.32. The average Bonchev–Trinajstić information content (AvgIpc) is 2.74. The molecule has 9 nitrogen and oxygen atoms in total. The molecule has 1 fully saturated rings. The summed E-state index contributed by atoms with van der Waals surface area (Å²) < 4.78 is 43.6. The number of nitrogens with one attached hydrogen (secondary N) is 1. The zero-order valence-corrected chi connectivity index (χ0v) is 15.1. The lowest BCUT2D eigenvalue weighted by Crippen LogP contribution is -2.42. The van der Waals surface area contributed by atoms with Crippen molar-refractivity contribution in [1.29, 1.82) is 0 Å². The van der Waals surface area contributed by atoms with Crippen LogP contribution in [0.4, 0.5) is 4.39 Å². The van der Waals surface area contributed by atoms with E-state index in [2.05, 4.69) is 5.32 Å². The number of ether oxygens (including phenoxy) is 1. The van der Waals surface area contributed by atoms with E-state index in [4.69, 9.17) is 9.84 Å². The minimum atomic E-state index is -4.34. The number of hydrogen-bond donors (Lipinski definition) is 2. The number of amides is 2. The Balaban J connectivity index is 2.44. The molecule has 0 spiro atoms. The third-order valence-corrected chi connectivity index (χ3v) is 5.38. The highest BCUT2D eigenvalue weighted by molar-refractivity contribution is 7.89. The van der Waals surface area contributed by atoms with Crippen LogP contribution in [0.1, 0.15) is 12.0 Å². The molecule has 1 heterocycles. The van der Waals surface area contributed by atoms with Crippen LogP contribution in [0.5, 0.6) is 5.75 Å². The van der Waals surface area contributed by atoms with Crippen molar-refractivity contribution in [2.45, 2.75) is 6.42 Å². The van der Waals surface area contributed by atoms with E-state index in [-0.39, 0.29) is 23.4 Å². The number of carbonyl (C=O) groups excluding carboxylic acids is 2. The molecule has 1 saturated heterocycles. The second-order valence-corrected chi connectivity index (χ2v) is 7.62. The third kappa shape index (κ3) is 5.03. The molecule has 1 aromatic carbocycles. The molecule has 2 amide bonds. The molecule has 0 bridgehead atoms. The fourth-order valence-electron chi connectivity index (χ4n) is 2.36. The van der Waals surface area contributed by atoms with Crippen LogP contribution < -0.4 is 10.1 Å². The number of carboxylic acids is 1. The van der Waals surface area contributed by atoms with Crippen molar-refractivity contribution in [3.8, 4) is 5.75 Å². The lowest BCUT2D eigenvalue weighted by atomic mass is 10.1. The molecule has 0 atom stereocenters. The van der Waals surface area contributed by atoms with Crippen LogP contribution in [0.3, 0.4) is 0 Å². The number of halogens is 1. The molecule has 0 aliphatic carbocycles. The molecule has 0 unspecified atom stereocenters. The lowest BCUT2D eigenvalue weighted by molar-refractivity contribution is -0.136. The second kappa shape index (κ2) is 8.16. The number of sulfonamides is 1. The third-order valence-electron chi connectivity index (χ3n) is 3.70. The SMILES string of the molecule is COc1ccc(F)cc1/C=C1\CNC(=O)CN(S(=O)(=O)CCC(=O)O)C1=O. The number of benzene rings is 1. The van der Waals surface area contributed by atoms with Crippen LogP contribution >= 0.6 is 0 Å². The highest BCUT2D eigenvalue weighted by Gasteiger charge is 2.34. The van der Waals surface area contributed by atoms with Gasteiger partial charge < -0.3 is 15.2 Å². The van der Waals surface area contributed by atoms with Crippen LogP contribution in [-0.4, -0.2) is 61.6 Å². The number of aliphatic carboxylic acids is 1. The molecule has 0 saturated carbocycles. The molecule has 1 aliphatic heterocycles. The first kappa shape index (κ1) is 20.4. The van der Waals surface area contributed by atoms with Crippen molar-refractivity contribution in [2.24, 2.45) is 0 Å². The van der Waals surface area contributed by atoms with E-state index in [0.717, 1.165) is 12.1 Å². The maximum atomic E-state index is 13.5. The number of carbonyl (C=O) groups is 3. The summed E-state index contributed by atoms with van der Waals surface area (Å²) in [4.78, 5) is 35.1. The van der Waals surface area contributed by atoms with Gasteiger partial charge in [0.2, 0.25) is 15.9 Å². The Bertz CT molecular complexity index is 911. The van der Waals surface area contributed by atoms with E-state index in [1.54, 1.807) is 0 Å². The molecule has 2 rings (SSSR count).